The maximum Gasteiger partial charge on any atom is 0.264 e. The molecule has 8 nitrogen and oxygen atoms in total. The van der Waals surface area contributed by atoms with Gasteiger partial charge in [-0.3, -0.25) is 13.9 Å². The zero-order valence-electron chi connectivity index (χ0n) is 20.9. The number of benzene rings is 4. The number of halogens is 1. The summed E-state index contributed by atoms with van der Waals surface area (Å²) in [5.41, 5.74) is 4.86. The molecule has 0 spiro atoms. The average molecular weight is 561 g/mol. The van der Waals surface area contributed by atoms with Gasteiger partial charge >= 0.3 is 0 Å². The molecule has 0 unspecified atom stereocenters. The number of anilines is 2. The van der Waals surface area contributed by atoms with Crippen molar-refractivity contribution in [1.82, 2.24) is 5.43 Å². The first-order valence-electron chi connectivity index (χ1n) is 11.9. The predicted molar refractivity (Wildman–Crippen MR) is 154 cm³/mol. The van der Waals surface area contributed by atoms with Crippen LogP contribution in [0.1, 0.15) is 22.8 Å². The van der Waals surface area contributed by atoms with Crippen molar-refractivity contribution in [3.8, 4) is 0 Å². The predicted octanol–water partition coefficient (Wildman–Crippen LogP) is 5.33. The van der Waals surface area contributed by atoms with Crippen molar-refractivity contribution in [2.24, 2.45) is 5.10 Å². The number of nitrogens with one attached hydrogen (secondary N) is 2. The molecule has 0 aliphatic rings. The Balaban J connectivity index is 1.50. The molecule has 10 heteroatoms. The van der Waals surface area contributed by atoms with Crippen LogP contribution in [0, 0.1) is 0 Å². The zero-order valence-corrected chi connectivity index (χ0v) is 22.5. The van der Waals surface area contributed by atoms with E-state index in [9.17, 15) is 18.0 Å². The molecule has 0 heterocycles. The molecule has 4 rings (SSSR count). The minimum atomic E-state index is -4.07. The van der Waals surface area contributed by atoms with E-state index in [0.717, 1.165) is 4.31 Å². The Labute approximate surface area is 232 Å². The highest BCUT2D eigenvalue weighted by Gasteiger charge is 2.27. The van der Waals surface area contributed by atoms with E-state index in [-0.39, 0.29) is 16.5 Å². The molecule has 0 saturated heterocycles. The Morgan fingerprint density at radius 1 is 0.821 bits per heavy atom. The fourth-order valence-electron chi connectivity index (χ4n) is 3.66. The largest absolute Gasteiger partial charge is 0.322 e. The highest BCUT2D eigenvalue weighted by Crippen LogP contribution is 2.26. The summed E-state index contributed by atoms with van der Waals surface area (Å²) in [6.07, 6.45) is 0. The Kier molecular flexibility index (Phi) is 8.75. The molecule has 39 heavy (non-hydrogen) atoms. The minimum Gasteiger partial charge on any atom is -0.322 e. The molecule has 198 valence electrons. The van der Waals surface area contributed by atoms with Crippen LogP contribution in [0.5, 0.6) is 0 Å². The molecule has 0 atom stereocenters. The molecule has 2 N–H and O–H groups in total. The lowest BCUT2D eigenvalue weighted by Crippen LogP contribution is -2.39. The van der Waals surface area contributed by atoms with Gasteiger partial charge in [0, 0.05) is 16.3 Å². The zero-order chi connectivity index (χ0) is 27.8. The van der Waals surface area contributed by atoms with Crippen molar-refractivity contribution in [2.45, 2.75) is 11.8 Å². The molecule has 2 amide bonds. The lowest BCUT2D eigenvalue weighted by Gasteiger charge is -2.24. The van der Waals surface area contributed by atoms with E-state index in [1.807, 2.05) is 6.07 Å². The van der Waals surface area contributed by atoms with E-state index in [2.05, 4.69) is 15.8 Å². The van der Waals surface area contributed by atoms with Crippen LogP contribution in [0.25, 0.3) is 0 Å². The molecular weight excluding hydrogens is 536 g/mol. The monoisotopic (exact) mass is 560 g/mol. The summed E-state index contributed by atoms with van der Waals surface area (Å²) >= 11 is 6.10. The van der Waals surface area contributed by atoms with Crippen LogP contribution in [0.3, 0.4) is 0 Å². The summed E-state index contributed by atoms with van der Waals surface area (Å²) < 4.78 is 27.8. The molecule has 4 aromatic carbocycles. The van der Waals surface area contributed by atoms with Gasteiger partial charge in [-0.2, -0.15) is 5.10 Å². The van der Waals surface area contributed by atoms with Crippen molar-refractivity contribution in [3.63, 3.8) is 0 Å². The first kappa shape index (κ1) is 27.6. The number of carbonyl (C=O) groups excluding carboxylic acids is 2. The van der Waals surface area contributed by atoms with Gasteiger partial charge in [-0.25, -0.2) is 13.8 Å². The van der Waals surface area contributed by atoms with Crippen LogP contribution in [0.15, 0.2) is 119 Å². The number of hydrazone groups is 1. The Bertz CT molecular complexity index is 1610. The standard InChI is InChI=1S/C29H25ClN4O4S/c1-21(23-12-8-14-25(18-23)31-29(36)22-10-4-2-5-11-22)32-33-28(35)20-34(26-15-9-13-24(30)19-26)39(37,38)27-16-6-3-7-17-27/h2-19H,20H2,1H3,(H,31,36)(H,33,35)/b32-21+. The first-order valence-corrected chi connectivity index (χ1v) is 13.7. The summed E-state index contributed by atoms with van der Waals surface area (Å²) in [6, 6.07) is 29.9. The summed E-state index contributed by atoms with van der Waals surface area (Å²) in [5.74, 6) is -0.904. The maximum absolute atomic E-state index is 13.4. The first-order chi connectivity index (χ1) is 18.7. The highest BCUT2D eigenvalue weighted by atomic mass is 35.5. The van der Waals surface area contributed by atoms with Gasteiger partial charge in [0.15, 0.2) is 0 Å². The number of sulfonamides is 1. The number of nitrogens with zero attached hydrogens (tertiary/aromatic N) is 2. The normalized spacial score (nSPS) is 11.5. The second-order valence-corrected chi connectivity index (χ2v) is 10.7. The molecule has 0 bridgehead atoms. The average Bonchev–Trinajstić information content (AvgIpc) is 2.95. The quantitative estimate of drug-likeness (QED) is 0.213. The van der Waals surface area contributed by atoms with Crippen molar-refractivity contribution < 1.29 is 18.0 Å². The maximum atomic E-state index is 13.4. The number of rotatable bonds is 9. The number of hydrogen-bond donors (Lipinski definition) is 2. The molecule has 0 aliphatic heterocycles. The van der Waals surface area contributed by atoms with Crippen LogP contribution in [0.4, 0.5) is 11.4 Å². The third kappa shape index (κ3) is 7.10. The van der Waals surface area contributed by atoms with Gasteiger partial charge in [-0.1, -0.05) is 66.2 Å². The summed E-state index contributed by atoms with van der Waals surface area (Å²) in [5, 5.41) is 7.31. The Morgan fingerprint density at radius 3 is 2.15 bits per heavy atom. The van der Waals surface area contributed by atoms with E-state index in [1.54, 1.807) is 91.9 Å². The molecule has 0 radical (unpaired) electrons. The van der Waals surface area contributed by atoms with E-state index in [1.165, 1.54) is 18.2 Å². The summed E-state index contributed by atoms with van der Waals surface area (Å²) in [4.78, 5) is 25.4. The third-order valence-electron chi connectivity index (χ3n) is 5.64. The molecule has 0 fully saturated rings. The minimum absolute atomic E-state index is 0.0341. The third-order valence-corrected chi connectivity index (χ3v) is 7.66. The van der Waals surface area contributed by atoms with Gasteiger partial charge < -0.3 is 5.32 Å². The van der Waals surface area contributed by atoms with Crippen molar-refractivity contribution >= 4 is 50.5 Å². The van der Waals surface area contributed by atoms with Gasteiger partial charge in [0.05, 0.1) is 16.3 Å². The lowest BCUT2D eigenvalue weighted by molar-refractivity contribution is -0.119. The van der Waals surface area contributed by atoms with E-state index >= 15 is 0 Å². The molecule has 0 aromatic heterocycles. The van der Waals surface area contributed by atoms with Gasteiger partial charge in [-0.15, -0.1) is 0 Å². The number of amides is 2. The van der Waals surface area contributed by atoms with Gasteiger partial charge in [-0.05, 0) is 67.1 Å². The SMILES string of the molecule is C/C(=N\NC(=O)CN(c1cccc(Cl)c1)S(=O)(=O)c1ccccc1)c1cccc(NC(=O)c2ccccc2)c1. The van der Waals surface area contributed by atoms with E-state index in [0.29, 0.717) is 27.5 Å². The van der Waals surface area contributed by atoms with Crippen LogP contribution < -0.4 is 15.0 Å². The fourth-order valence-corrected chi connectivity index (χ4v) is 5.28. The van der Waals surface area contributed by atoms with E-state index in [4.69, 9.17) is 11.6 Å². The number of carbonyl (C=O) groups is 2. The van der Waals surface area contributed by atoms with Crippen LogP contribution >= 0.6 is 11.6 Å². The molecule has 0 aliphatic carbocycles. The Hall–Kier alpha value is -4.47. The smallest absolute Gasteiger partial charge is 0.264 e. The fraction of sp³-hybridized carbons (Fsp3) is 0.0690. The number of hydrogen-bond acceptors (Lipinski definition) is 5. The van der Waals surface area contributed by atoms with Gasteiger partial charge in [0.25, 0.3) is 21.8 Å². The van der Waals surface area contributed by atoms with Crippen molar-refractivity contribution in [2.75, 3.05) is 16.2 Å². The van der Waals surface area contributed by atoms with Crippen LogP contribution in [0.2, 0.25) is 5.02 Å². The van der Waals surface area contributed by atoms with Gasteiger partial charge in [0.2, 0.25) is 0 Å². The Morgan fingerprint density at radius 2 is 1.46 bits per heavy atom. The van der Waals surface area contributed by atoms with Crippen LogP contribution in [-0.4, -0.2) is 32.5 Å². The lowest BCUT2D eigenvalue weighted by atomic mass is 10.1. The summed E-state index contributed by atoms with van der Waals surface area (Å²) in [6.45, 7) is 1.16. The van der Waals surface area contributed by atoms with E-state index < -0.39 is 22.5 Å². The second-order valence-electron chi connectivity index (χ2n) is 8.44. The highest BCUT2D eigenvalue weighted by molar-refractivity contribution is 7.92. The van der Waals surface area contributed by atoms with Crippen LogP contribution in [-0.2, 0) is 14.8 Å². The van der Waals surface area contributed by atoms with Crippen molar-refractivity contribution in [3.05, 3.63) is 125 Å². The molecular formula is C29H25ClN4O4S. The summed E-state index contributed by atoms with van der Waals surface area (Å²) in [7, 11) is -4.07. The molecule has 4 aromatic rings. The van der Waals surface area contributed by atoms with Gasteiger partial charge in [0.1, 0.15) is 6.54 Å². The molecule has 0 saturated carbocycles. The van der Waals surface area contributed by atoms with Crippen molar-refractivity contribution in [1.29, 1.82) is 0 Å². The topological polar surface area (TPSA) is 108 Å². The second kappa shape index (κ2) is 12.4.